The molecule has 5 heteroatoms. The van der Waals surface area contributed by atoms with Crippen molar-refractivity contribution in [3.05, 3.63) is 41.1 Å². The maximum Gasteiger partial charge on any atom is 0.231 e. The Kier molecular flexibility index (Phi) is 3.36. The van der Waals surface area contributed by atoms with Crippen LogP contribution in [0.3, 0.4) is 0 Å². The predicted octanol–water partition coefficient (Wildman–Crippen LogP) is 2.87. The molecule has 1 aromatic heterocycles. The van der Waals surface area contributed by atoms with Crippen LogP contribution in [0.15, 0.2) is 22.6 Å². The number of nitrogens with one attached hydrogen (secondary N) is 1. The van der Waals surface area contributed by atoms with E-state index in [1.165, 1.54) is 0 Å². The SMILES string of the molecule is Cc1nc(CNC(C)c2ccc3c(c2)OCO3)oc1C. The molecule has 1 aromatic carbocycles. The Labute approximate surface area is 117 Å². The number of hydrogen-bond donors (Lipinski definition) is 1. The number of benzene rings is 1. The van der Waals surface area contributed by atoms with E-state index < -0.39 is 0 Å². The summed E-state index contributed by atoms with van der Waals surface area (Å²) in [7, 11) is 0. The van der Waals surface area contributed by atoms with Crippen LogP contribution in [0.2, 0.25) is 0 Å². The van der Waals surface area contributed by atoms with Gasteiger partial charge in [-0.15, -0.1) is 0 Å². The van der Waals surface area contributed by atoms with Crippen molar-refractivity contribution in [3.63, 3.8) is 0 Å². The number of oxazole rings is 1. The Morgan fingerprint density at radius 1 is 1.25 bits per heavy atom. The highest BCUT2D eigenvalue weighted by atomic mass is 16.7. The van der Waals surface area contributed by atoms with Gasteiger partial charge in [-0.1, -0.05) is 6.07 Å². The highest BCUT2D eigenvalue weighted by Crippen LogP contribution is 2.34. The van der Waals surface area contributed by atoms with Crippen molar-refractivity contribution >= 4 is 0 Å². The third-order valence-corrected chi connectivity index (χ3v) is 3.53. The average molecular weight is 274 g/mol. The first-order valence-electron chi connectivity index (χ1n) is 6.69. The molecule has 0 saturated carbocycles. The normalized spacial score (nSPS) is 14.6. The molecular formula is C15H18N2O3. The smallest absolute Gasteiger partial charge is 0.231 e. The van der Waals surface area contributed by atoms with Crippen molar-refractivity contribution in [1.29, 1.82) is 0 Å². The molecule has 2 aromatic rings. The molecule has 1 aliphatic heterocycles. The monoisotopic (exact) mass is 274 g/mol. The van der Waals surface area contributed by atoms with Gasteiger partial charge in [0, 0.05) is 6.04 Å². The van der Waals surface area contributed by atoms with E-state index in [-0.39, 0.29) is 6.04 Å². The zero-order valence-electron chi connectivity index (χ0n) is 11.9. The largest absolute Gasteiger partial charge is 0.454 e. The molecule has 0 amide bonds. The Morgan fingerprint density at radius 2 is 2.05 bits per heavy atom. The summed E-state index contributed by atoms with van der Waals surface area (Å²) in [5, 5.41) is 3.39. The zero-order valence-corrected chi connectivity index (χ0v) is 11.9. The molecule has 1 aliphatic rings. The molecular weight excluding hydrogens is 256 g/mol. The molecule has 20 heavy (non-hydrogen) atoms. The summed E-state index contributed by atoms with van der Waals surface area (Å²) >= 11 is 0. The second-order valence-corrected chi connectivity index (χ2v) is 4.96. The number of ether oxygens (including phenoxy) is 2. The van der Waals surface area contributed by atoms with Crippen LogP contribution >= 0.6 is 0 Å². The lowest BCUT2D eigenvalue weighted by Gasteiger charge is -2.13. The van der Waals surface area contributed by atoms with Gasteiger partial charge in [-0.2, -0.15) is 0 Å². The fourth-order valence-electron chi connectivity index (χ4n) is 2.16. The van der Waals surface area contributed by atoms with Gasteiger partial charge in [0.25, 0.3) is 0 Å². The predicted molar refractivity (Wildman–Crippen MR) is 73.8 cm³/mol. The van der Waals surface area contributed by atoms with Crippen molar-refractivity contribution in [3.8, 4) is 11.5 Å². The summed E-state index contributed by atoms with van der Waals surface area (Å²) in [6, 6.07) is 6.16. The van der Waals surface area contributed by atoms with Crippen LogP contribution in [0.1, 0.15) is 35.9 Å². The second-order valence-electron chi connectivity index (χ2n) is 4.96. The lowest BCUT2D eigenvalue weighted by molar-refractivity contribution is 0.174. The van der Waals surface area contributed by atoms with Gasteiger partial charge in [0.05, 0.1) is 12.2 Å². The maximum absolute atomic E-state index is 5.56. The minimum atomic E-state index is 0.178. The van der Waals surface area contributed by atoms with Gasteiger partial charge in [-0.25, -0.2) is 4.98 Å². The molecule has 0 aliphatic carbocycles. The van der Waals surface area contributed by atoms with E-state index in [4.69, 9.17) is 13.9 Å². The van der Waals surface area contributed by atoms with Gasteiger partial charge in [0.15, 0.2) is 11.5 Å². The first-order chi connectivity index (χ1) is 9.63. The van der Waals surface area contributed by atoms with Crippen molar-refractivity contribution < 1.29 is 13.9 Å². The van der Waals surface area contributed by atoms with Gasteiger partial charge in [-0.3, -0.25) is 0 Å². The van der Waals surface area contributed by atoms with Crippen LogP contribution < -0.4 is 14.8 Å². The molecule has 0 radical (unpaired) electrons. The quantitative estimate of drug-likeness (QED) is 0.929. The standard InChI is InChI=1S/C15H18N2O3/c1-9-11(3)20-15(17-9)7-16-10(2)12-4-5-13-14(6-12)19-8-18-13/h4-6,10,16H,7-8H2,1-3H3. The van der Waals surface area contributed by atoms with Gasteiger partial charge < -0.3 is 19.2 Å². The lowest BCUT2D eigenvalue weighted by atomic mass is 10.1. The number of hydrogen-bond acceptors (Lipinski definition) is 5. The third kappa shape index (κ3) is 2.49. The fraction of sp³-hybridized carbons (Fsp3) is 0.400. The topological polar surface area (TPSA) is 56.5 Å². The highest BCUT2D eigenvalue weighted by molar-refractivity contribution is 5.45. The van der Waals surface area contributed by atoms with Gasteiger partial charge in [0.1, 0.15) is 5.76 Å². The summed E-state index contributed by atoms with van der Waals surface area (Å²) in [6.45, 7) is 6.87. The molecule has 3 rings (SSSR count). The van der Waals surface area contributed by atoms with Crippen LogP contribution in [0, 0.1) is 13.8 Å². The van der Waals surface area contributed by atoms with Gasteiger partial charge in [-0.05, 0) is 38.5 Å². The molecule has 2 heterocycles. The van der Waals surface area contributed by atoms with Crippen molar-refractivity contribution in [1.82, 2.24) is 10.3 Å². The average Bonchev–Trinajstić information content (AvgIpc) is 3.02. The molecule has 1 atom stereocenters. The minimum Gasteiger partial charge on any atom is -0.454 e. The number of rotatable bonds is 4. The molecule has 1 unspecified atom stereocenters. The third-order valence-electron chi connectivity index (χ3n) is 3.53. The molecule has 0 fully saturated rings. The number of fused-ring (bicyclic) bond motifs is 1. The molecule has 0 spiro atoms. The van der Waals surface area contributed by atoms with E-state index in [2.05, 4.69) is 17.2 Å². The Balaban J connectivity index is 1.65. The zero-order chi connectivity index (χ0) is 14.1. The summed E-state index contributed by atoms with van der Waals surface area (Å²) in [6.07, 6.45) is 0. The van der Waals surface area contributed by atoms with E-state index >= 15 is 0 Å². The van der Waals surface area contributed by atoms with E-state index in [9.17, 15) is 0 Å². The fourth-order valence-corrected chi connectivity index (χ4v) is 2.16. The van der Waals surface area contributed by atoms with Crippen LogP contribution in [0.5, 0.6) is 11.5 Å². The molecule has 0 bridgehead atoms. The van der Waals surface area contributed by atoms with Gasteiger partial charge >= 0.3 is 0 Å². The van der Waals surface area contributed by atoms with Crippen LogP contribution in [-0.4, -0.2) is 11.8 Å². The summed E-state index contributed by atoms with van der Waals surface area (Å²) in [5.74, 6) is 3.20. The maximum atomic E-state index is 5.56. The summed E-state index contributed by atoms with van der Waals surface area (Å²) in [4.78, 5) is 4.36. The Hall–Kier alpha value is -2.01. The van der Waals surface area contributed by atoms with Crippen LogP contribution in [0.25, 0.3) is 0 Å². The first-order valence-corrected chi connectivity index (χ1v) is 6.69. The number of aromatic nitrogens is 1. The molecule has 5 nitrogen and oxygen atoms in total. The minimum absolute atomic E-state index is 0.178. The summed E-state index contributed by atoms with van der Waals surface area (Å²) in [5.41, 5.74) is 2.09. The van der Waals surface area contributed by atoms with E-state index in [1.54, 1.807) is 0 Å². The van der Waals surface area contributed by atoms with Crippen molar-refractivity contribution in [2.75, 3.05) is 6.79 Å². The van der Waals surface area contributed by atoms with E-state index in [0.717, 1.165) is 28.5 Å². The Bertz CT molecular complexity index is 602. The van der Waals surface area contributed by atoms with Gasteiger partial charge in [0.2, 0.25) is 12.7 Å². The number of aryl methyl sites for hydroxylation is 2. The van der Waals surface area contributed by atoms with E-state index in [0.29, 0.717) is 19.2 Å². The van der Waals surface area contributed by atoms with Crippen molar-refractivity contribution in [2.24, 2.45) is 0 Å². The molecule has 106 valence electrons. The van der Waals surface area contributed by atoms with Crippen LogP contribution in [-0.2, 0) is 6.54 Å². The van der Waals surface area contributed by atoms with E-state index in [1.807, 2.05) is 32.0 Å². The lowest BCUT2D eigenvalue weighted by Crippen LogP contribution is -2.18. The first kappa shape index (κ1) is 13.0. The second kappa shape index (κ2) is 5.17. The highest BCUT2D eigenvalue weighted by Gasteiger charge is 2.16. The summed E-state index contributed by atoms with van der Waals surface area (Å²) < 4.78 is 16.3. The Morgan fingerprint density at radius 3 is 2.80 bits per heavy atom. The molecule has 1 N–H and O–H groups in total. The number of nitrogens with zero attached hydrogens (tertiary/aromatic N) is 1. The van der Waals surface area contributed by atoms with Crippen LogP contribution in [0.4, 0.5) is 0 Å². The van der Waals surface area contributed by atoms with Crippen molar-refractivity contribution in [2.45, 2.75) is 33.4 Å². The molecule has 0 saturated heterocycles.